The second-order valence-electron chi connectivity index (χ2n) is 9.18. The van der Waals surface area contributed by atoms with E-state index in [1.165, 1.54) is 44.1 Å². The Morgan fingerprint density at radius 2 is 1.71 bits per heavy atom. The van der Waals surface area contributed by atoms with E-state index in [9.17, 15) is 4.79 Å². The Bertz CT molecular complexity index is 1020. The van der Waals surface area contributed by atoms with Crippen LogP contribution in [0.25, 0.3) is 5.65 Å². The third-order valence-corrected chi connectivity index (χ3v) is 7.32. The van der Waals surface area contributed by atoms with Crippen LogP contribution in [-0.2, 0) is 5.41 Å². The van der Waals surface area contributed by atoms with Crippen LogP contribution in [-0.4, -0.2) is 20.5 Å². The van der Waals surface area contributed by atoms with Crippen LogP contribution in [0.3, 0.4) is 0 Å². The number of anilines is 1. The molecule has 0 radical (unpaired) electrons. The second kappa shape index (κ2) is 5.90. The van der Waals surface area contributed by atoms with Gasteiger partial charge in [0.2, 0.25) is 0 Å². The highest BCUT2D eigenvalue weighted by atomic mass is 16.1. The average molecular weight is 372 g/mol. The standard InChI is InChI=1S/C23H24N4O/c28-22(20-14-25-27-7-1-6-24-21(20)27)26-19-4-2-18(3-5-19)23-11-15-8-16(12-23)10-17(9-15)13-23/h1-7,14-17H,8-13H2,(H,26,28). The van der Waals surface area contributed by atoms with Gasteiger partial charge in [0.15, 0.2) is 5.65 Å². The first-order valence-electron chi connectivity index (χ1n) is 10.4. The van der Waals surface area contributed by atoms with Crippen molar-refractivity contribution in [1.29, 1.82) is 0 Å². The van der Waals surface area contributed by atoms with Gasteiger partial charge in [-0.25, -0.2) is 9.50 Å². The van der Waals surface area contributed by atoms with Crippen LogP contribution >= 0.6 is 0 Å². The molecule has 4 aliphatic rings. The first-order valence-corrected chi connectivity index (χ1v) is 10.4. The highest BCUT2D eigenvalue weighted by Gasteiger charge is 2.51. The molecule has 2 heterocycles. The second-order valence-corrected chi connectivity index (χ2v) is 9.18. The number of hydrogen-bond donors (Lipinski definition) is 1. The molecule has 1 aromatic carbocycles. The average Bonchev–Trinajstić information content (AvgIpc) is 3.12. The van der Waals surface area contributed by atoms with Gasteiger partial charge in [-0.1, -0.05) is 12.1 Å². The summed E-state index contributed by atoms with van der Waals surface area (Å²) in [5, 5.41) is 7.20. The van der Waals surface area contributed by atoms with E-state index in [-0.39, 0.29) is 5.91 Å². The van der Waals surface area contributed by atoms with E-state index < -0.39 is 0 Å². The molecule has 28 heavy (non-hydrogen) atoms. The SMILES string of the molecule is O=C(Nc1ccc(C23CC4CC(CC(C4)C2)C3)cc1)c1cnn2cccnc12. The molecule has 0 spiro atoms. The predicted molar refractivity (Wildman–Crippen MR) is 107 cm³/mol. The summed E-state index contributed by atoms with van der Waals surface area (Å²) < 4.78 is 1.62. The van der Waals surface area contributed by atoms with Crippen molar-refractivity contribution in [3.8, 4) is 0 Å². The van der Waals surface area contributed by atoms with Gasteiger partial charge in [-0.05, 0) is 85.5 Å². The molecule has 3 aromatic rings. The molecule has 0 unspecified atom stereocenters. The minimum Gasteiger partial charge on any atom is -0.322 e. The van der Waals surface area contributed by atoms with Gasteiger partial charge in [-0.2, -0.15) is 5.10 Å². The molecule has 0 atom stereocenters. The van der Waals surface area contributed by atoms with Crippen molar-refractivity contribution in [3.63, 3.8) is 0 Å². The highest BCUT2D eigenvalue weighted by molar-refractivity contribution is 6.08. The van der Waals surface area contributed by atoms with Crippen molar-refractivity contribution in [1.82, 2.24) is 14.6 Å². The maximum absolute atomic E-state index is 12.7. The molecule has 4 bridgehead atoms. The van der Waals surface area contributed by atoms with Crippen LogP contribution in [0.15, 0.2) is 48.9 Å². The summed E-state index contributed by atoms with van der Waals surface area (Å²) in [7, 11) is 0. The summed E-state index contributed by atoms with van der Waals surface area (Å²) in [4.78, 5) is 17.0. The Balaban J connectivity index is 1.23. The molecule has 5 nitrogen and oxygen atoms in total. The summed E-state index contributed by atoms with van der Waals surface area (Å²) in [5.74, 6) is 2.65. The van der Waals surface area contributed by atoms with E-state index in [1.807, 2.05) is 0 Å². The topological polar surface area (TPSA) is 59.3 Å². The number of rotatable bonds is 3. The largest absolute Gasteiger partial charge is 0.322 e. The Kier molecular flexibility index (Phi) is 3.43. The van der Waals surface area contributed by atoms with Crippen LogP contribution in [0.4, 0.5) is 5.69 Å². The van der Waals surface area contributed by atoms with Crippen LogP contribution < -0.4 is 5.32 Å². The first-order chi connectivity index (χ1) is 13.7. The fourth-order valence-corrected chi connectivity index (χ4v) is 6.56. The molecule has 0 saturated heterocycles. The molecule has 1 amide bonds. The number of amides is 1. The molecule has 142 valence electrons. The van der Waals surface area contributed by atoms with Gasteiger partial charge in [0.05, 0.1) is 6.20 Å². The monoisotopic (exact) mass is 372 g/mol. The van der Waals surface area contributed by atoms with Crippen molar-refractivity contribution in [3.05, 3.63) is 60.0 Å². The number of fused-ring (bicyclic) bond motifs is 1. The number of nitrogens with one attached hydrogen (secondary N) is 1. The van der Waals surface area contributed by atoms with E-state index in [1.54, 1.807) is 29.2 Å². The zero-order valence-electron chi connectivity index (χ0n) is 15.8. The summed E-state index contributed by atoms with van der Waals surface area (Å²) in [6.07, 6.45) is 13.5. The maximum atomic E-state index is 12.7. The Hall–Kier alpha value is -2.69. The van der Waals surface area contributed by atoms with Crippen LogP contribution in [0.2, 0.25) is 0 Å². The molecule has 4 fully saturated rings. The maximum Gasteiger partial charge on any atom is 0.261 e. The van der Waals surface area contributed by atoms with E-state index in [0.717, 1.165) is 23.4 Å². The van der Waals surface area contributed by atoms with Gasteiger partial charge in [-0.15, -0.1) is 0 Å². The molecule has 0 aliphatic heterocycles. The Morgan fingerprint density at radius 1 is 1.04 bits per heavy atom. The lowest BCUT2D eigenvalue weighted by Gasteiger charge is -2.57. The fraction of sp³-hybridized carbons (Fsp3) is 0.435. The van der Waals surface area contributed by atoms with Gasteiger partial charge in [0.1, 0.15) is 5.56 Å². The third-order valence-electron chi connectivity index (χ3n) is 7.32. The van der Waals surface area contributed by atoms with Crippen molar-refractivity contribution < 1.29 is 4.79 Å². The molecule has 4 saturated carbocycles. The minimum absolute atomic E-state index is 0.170. The number of carbonyl (C=O) groups excluding carboxylic acids is 1. The normalized spacial score (nSPS) is 30.6. The summed E-state index contributed by atoms with van der Waals surface area (Å²) >= 11 is 0. The first kappa shape index (κ1) is 16.3. The number of aromatic nitrogens is 3. The van der Waals surface area contributed by atoms with Crippen molar-refractivity contribution in [2.75, 3.05) is 5.32 Å². The molecule has 2 aromatic heterocycles. The molecule has 1 N–H and O–H groups in total. The summed E-state index contributed by atoms with van der Waals surface area (Å²) in [6.45, 7) is 0. The number of hydrogen-bond acceptors (Lipinski definition) is 3. The quantitative estimate of drug-likeness (QED) is 0.739. The molecular formula is C23H24N4O. The van der Waals surface area contributed by atoms with Gasteiger partial charge >= 0.3 is 0 Å². The minimum atomic E-state index is -0.170. The molecule has 7 rings (SSSR count). The van der Waals surface area contributed by atoms with Crippen molar-refractivity contribution in [2.24, 2.45) is 17.8 Å². The number of carbonyl (C=O) groups is 1. The van der Waals surface area contributed by atoms with Crippen LogP contribution in [0, 0.1) is 17.8 Å². The lowest BCUT2D eigenvalue weighted by molar-refractivity contribution is -0.00518. The number of benzene rings is 1. The Morgan fingerprint density at radius 3 is 2.39 bits per heavy atom. The van der Waals surface area contributed by atoms with Gasteiger partial charge in [0, 0.05) is 18.1 Å². The third kappa shape index (κ3) is 2.49. The molecular weight excluding hydrogens is 348 g/mol. The zero-order valence-corrected chi connectivity index (χ0v) is 15.8. The fourth-order valence-electron chi connectivity index (χ4n) is 6.56. The van der Waals surface area contributed by atoms with Gasteiger partial charge in [-0.3, -0.25) is 4.79 Å². The van der Waals surface area contributed by atoms with Crippen molar-refractivity contribution in [2.45, 2.75) is 43.9 Å². The molecule has 4 aliphatic carbocycles. The van der Waals surface area contributed by atoms with Crippen molar-refractivity contribution >= 4 is 17.2 Å². The van der Waals surface area contributed by atoms with Crippen LogP contribution in [0.1, 0.15) is 54.4 Å². The molecule has 5 heteroatoms. The predicted octanol–water partition coefficient (Wildman–Crippen LogP) is 4.45. The Labute approximate surface area is 164 Å². The lowest BCUT2D eigenvalue weighted by Crippen LogP contribution is -2.48. The summed E-state index contributed by atoms with van der Waals surface area (Å²) in [6, 6.07) is 10.4. The highest BCUT2D eigenvalue weighted by Crippen LogP contribution is 2.60. The lowest BCUT2D eigenvalue weighted by atomic mass is 9.48. The van der Waals surface area contributed by atoms with Gasteiger partial charge < -0.3 is 5.32 Å². The van der Waals surface area contributed by atoms with Gasteiger partial charge in [0.25, 0.3) is 5.91 Å². The van der Waals surface area contributed by atoms with E-state index in [2.05, 4.69) is 39.7 Å². The zero-order chi connectivity index (χ0) is 18.7. The van der Waals surface area contributed by atoms with Crippen LogP contribution in [0.5, 0.6) is 0 Å². The van der Waals surface area contributed by atoms with E-state index >= 15 is 0 Å². The summed E-state index contributed by atoms with van der Waals surface area (Å²) in [5.41, 5.74) is 3.76. The number of nitrogens with zero attached hydrogens (tertiary/aromatic N) is 3. The smallest absolute Gasteiger partial charge is 0.261 e. The van der Waals surface area contributed by atoms with E-state index in [0.29, 0.717) is 16.6 Å². The van der Waals surface area contributed by atoms with E-state index in [4.69, 9.17) is 0 Å².